The van der Waals surface area contributed by atoms with E-state index in [1.807, 2.05) is 6.07 Å². The van der Waals surface area contributed by atoms with Crippen LogP contribution in [0, 0.1) is 0 Å². The van der Waals surface area contributed by atoms with Crippen LogP contribution in [0.15, 0.2) is 6.07 Å². The predicted octanol–water partition coefficient (Wildman–Crippen LogP) is -0.690. The Balaban J connectivity index is 1.58. The van der Waals surface area contributed by atoms with Gasteiger partial charge in [-0.3, -0.25) is 4.90 Å². The summed E-state index contributed by atoms with van der Waals surface area (Å²) in [6, 6.07) is 2.16. The van der Waals surface area contributed by atoms with E-state index in [-0.39, 0.29) is 0 Å². The van der Waals surface area contributed by atoms with Crippen LogP contribution in [0.2, 0.25) is 0 Å². The third-order valence-electron chi connectivity index (χ3n) is 3.92. The number of hydrazine groups is 1. The van der Waals surface area contributed by atoms with Crippen molar-refractivity contribution in [2.45, 2.75) is 0 Å². The Kier molecular flexibility index (Phi) is 5.81. The van der Waals surface area contributed by atoms with Gasteiger partial charge < -0.3 is 24.5 Å². The van der Waals surface area contributed by atoms with Gasteiger partial charge in [0, 0.05) is 38.8 Å². The van der Waals surface area contributed by atoms with Crippen LogP contribution < -0.4 is 20.9 Å². The molecule has 0 aliphatic carbocycles. The van der Waals surface area contributed by atoms with Gasteiger partial charge in [-0.05, 0) is 0 Å². The van der Waals surface area contributed by atoms with Crippen molar-refractivity contribution in [3.8, 4) is 6.01 Å². The summed E-state index contributed by atoms with van der Waals surface area (Å²) in [5.74, 6) is 6.85. The minimum Gasteiger partial charge on any atom is -0.462 e. The lowest BCUT2D eigenvalue weighted by molar-refractivity contribution is 0.0317. The summed E-state index contributed by atoms with van der Waals surface area (Å²) in [6.07, 6.45) is 0. The first-order valence-corrected chi connectivity index (χ1v) is 7.96. The second-order valence-electron chi connectivity index (χ2n) is 5.44. The molecule has 128 valence electrons. The van der Waals surface area contributed by atoms with Crippen LogP contribution in [-0.2, 0) is 9.47 Å². The summed E-state index contributed by atoms with van der Waals surface area (Å²) in [4.78, 5) is 13.2. The van der Waals surface area contributed by atoms with Gasteiger partial charge in [0.15, 0.2) is 0 Å². The molecule has 2 fully saturated rings. The minimum atomic E-state index is 0.343. The van der Waals surface area contributed by atoms with E-state index in [1.54, 1.807) is 0 Å². The average molecular weight is 324 g/mol. The lowest BCUT2D eigenvalue weighted by atomic mass is 10.4. The van der Waals surface area contributed by atoms with Crippen LogP contribution >= 0.6 is 0 Å². The number of morpholine rings is 2. The number of nitrogens with two attached hydrogens (primary N) is 1. The number of nitrogens with zero attached hydrogens (tertiary/aromatic N) is 4. The number of hydrogen-bond acceptors (Lipinski definition) is 9. The Labute approximate surface area is 135 Å². The first-order valence-electron chi connectivity index (χ1n) is 7.96. The zero-order valence-electron chi connectivity index (χ0n) is 13.2. The van der Waals surface area contributed by atoms with Crippen molar-refractivity contribution in [2.75, 3.05) is 76.1 Å². The monoisotopic (exact) mass is 324 g/mol. The van der Waals surface area contributed by atoms with Gasteiger partial charge in [-0.25, -0.2) is 5.84 Å². The topological polar surface area (TPSA) is 98.0 Å². The highest BCUT2D eigenvalue weighted by molar-refractivity contribution is 5.50. The summed E-state index contributed by atoms with van der Waals surface area (Å²) >= 11 is 0. The van der Waals surface area contributed by atoms with Gasteiger partial charge >= 0.3 is 6.01 Å². The molecule has 0 unspecified atom stereocenters. The van der Waals surface area contributed by atoms with Crippen LogP contribution in [0.1, 0.15) is 0 Å². The zero-order chi connectivity index (χ0) is 15.9. The number of nitrogen functional groups attached to an aromatic ring is 1. The van der Waals surface area contributed by atoms with Crippen molar-refractivity contribution in [1.82, 2.24) is 14.9 Å². The lowest BCUT2D eigenvalue weighted by Gasteiger charge is -2.28. The molecule has 1 aromatic rings. The van der Waals surface area contributed by atoms with Crippen LogP contribution in [0.5, 0.6) is 6.01 Å². The summed E-state index contributed by atoms with van der Waals surface area (Å²) in [5, 5.41) is 0. The second kappa shape index (κ2) is 8.25. The van der Waals surface area contributed by atoms with Crippen LogP contribution in [-0.4, -0.2) is 80.6 Å². The predicted molar refractivity (Wildman–Crippen MR) is 85.6 cm³/mol. The normalized spacial score (nSPS) is 19.6. The molecule has 9 nitrogen and oxygen atoms in total. The third kappa shape index (κ3) is 4.64. The van der Waals surface area contributed by atoms with Crippen LogP contribution in [0.3, 0.4) is 0 Å². The molecular weight excluding hydrogens is 300 g/mol. The quantitative estimate of drug-likeness (QED) is 0.520. The largest absolute Gasteiger partial charge is 0.462 e. The maximum atomic E-state index is 5.72. The first-order chi connectivity index (χ1) is 11.3. The molecule has 3 heterocycles. The average Bonchev–Trinajstić information content (AvgIpc) is 2.63. The molecule has 0 amide bonds. The van der Waals surface area contributed by atoms with E-state index in [0.717, 1.165) is 51.8 Å². The Morgan fingerprint density at radius 2 is 1.78 bits per heavy atom. The molecule has 0 bridgehead atoms. The van der Waals surface area contributed by atoms with E-state index in [1.165, 1.54) is 0 Å². The van der Waals surface area contributed by atoms with Crippen molar-refractivity contribution >= 4 is 11.6 Å². The number of aromatic nitrogens is 2. The Morgan fingerprint density at radius 1 is 1.09 bits per heavy atom. The Hall–Kier alpha value is -1.68. The molecule has 9 heteroatoms. The number of hydrogen-bond donors (Lipinski definition) is 2. The van der Waals surface area contributed by atoms with Crippen molar-refractivity contribution in [1.29, 1.82) is 0 Å². The highest BCUT2D eigenvalue weighted by atomic mass is 16.5. The van der Waals surface area contributed by atoms with Gasteiger partial charge in [-0.1, -0.05) is 0 Å². The number of anilines is 2. The van der Waals surface area contributed by atoms with E-state index in [9.17, 15) is 0 Å². The van der Waals surface area contributed by atoms with Crippen LogP contribution in [0.4, 0.5) is 11.6 Å². The molecule has 2 saturated heterocycles. The molecule has 0 spiro atoms. The highest BCUT2D eigenvalue weighted by Crippen LogP contribution is 2.19. The van der Waals surface area contributed by atoms with Crippen LogP contribution in [0.25, 0.3) is 0 Å². The molecule has 1 aromatic heterocycles. The fourth-order valence-electron chi connectivity index (χ4n) is 2.60. The number of ether oxygens (including phenoxy) is 3. The lowest BCUT2D eigenvalue weighted by Crippen LogP contribution is -2.39. The zero-order valence-corrected chi connectivity index (χ0v) is 13.2. The summed E-state index contributed by atoms with van der Waals surface area (Å²) in [7, 11) is 0. The van der Waals surface area contributed by atoms with E-state index in [4.69, 9.17) is 20.1 Å². The molecular formula is C14H24N6O3. The van der Waals surface area contributed by atoms with Gasteiger partial charge in [-0.15, -0.1) is 0 Å². The maximum absolute atomic E-state index is 5.72. The highest BCUT2D eigenvalue weighted by Gasteiger charge is 2.16. The first kappa shape index (κ1) is 16.2. The van der Waals surface area contributed by atoms with E-state index in [0.29, 0.717) is 31.6 Å². The minimum absolute atomic E-state index is 0.343. The SMILES string of the molecule is NNc1cc(N2CCOCC2)nc(OCCN2CCOCC2)n1. The van der Waals surface area contributed by atoms with E-state index >= 15 is 0 Å². The molecule has 0 radical (unpaired) electrons. The van der Waals surface area contributed by atoms with E-state index in [2.05, 4.69) is 25.2 Å². The molecule has 2 aliphatic rings. The molecule has 0 atom stereocenters. The molecule has 3 rings (SSSR count). The molecule has 23 heavy (non-hydrogen) atoms. The Bertz CT molecular complexity index is 491. The van der Waals surface area contributed by atoms with Gasteiger partial charge in [-0.2, -0.15) is 9.97 Å². The smallest absolute Gasteiger partial charge is 0.320 e. The molecule has 0 aromatic carbocycles. The standard InChI is InChI=1S/C14H24N6O3/c15-18-12-11-13(20-4-8-22-9-5-20)17-14(16-12)23-10-3-19-1-6-21-7-2-19/h11H,1-10,15H2,(H,16,17,18). The van der Waals surface area contributed by atoms with Gasteiger partial charge in [0.25, 0.3) is 0 Å². The van der Waals surface area contributed by atoms with Gasteiger partial charge in [0.05, 0.1) is 26.4 Å². The third-order valence-corrected chi connectivity index (χ3v) is 3.92. The fraction of sp³-hybridized carbons (Fsp3) is 0.714. The molecule has 0 saturated carbocycles. The summed E-state index contributed by atoms with van der Waals surface area (Å²) in [5.41, 5.74) is 2.57. The van der Waals surface area contributed by atoms with Gasteiger partial charge in [0.1, 0.15) is 18.2 Å². The number of rotatable bonds is 6. The van der Waals surface area contributed by atoms with Crippen molar-refractivity contribution in [3.63, 3.8) is 0 Å². The maximum Gasteiger partial charge on any atom is 0.320 e. The summed E-state index contributed by atoms with van der Waals surface area (Å²) < 4.78 is 16.4. The van der Waals surface area contributed by atoms with Crippen molar-refractivity contribution in [2.24, 2.45) is 5.84 Å². The van der Waals surface area contributed by atoms with Crippen molar-refractivity contribution < 1.29 is 14.2 Å². The second-order valence-corrected chi connectivity index (χ2v) is 5.44. The summed E-state index contributed by atoms with van der Waals surface area (Å²) in [6.45, 7) is 7.81. The molecule has 2 aliphatic heterocycles. The number of nitrogens with one attached hydrogen (secondary N) is 1. The van der Waals surface area contributed by atoms with E-state index < -0.39 is 0 Å². The van der Waals surface area contributed by atoms with Gasteiger partial charge in [0.2, 0.25) is 0 Å². The molecule has 3 N–H and O–H groups in total. The fourth-order valence-corrected chi connectivity index (χ4v) is 2.60. The van der Waals surface area contributed by atoms with Crippen molar-refractivity contribution in [3.05, 3.63) is 6.07 Å². The Morgan fingerprint density at radius 3 is 2.48 bits per heavy atom.